The van der Waals surface area contributed by atoms with E-state index in [1.165, 1.54) is 27.8 Å². The fraction of sp³-hybridized carbons (Fsp3) is 0.294. The standard InChI is InChI=1S/C17H19NO/c1-11-3-4-12(2)16(7-11)14-8-13-5-6-19-17(13)15(9-14)10-18/h3-4,7-9H,5-6,10,18H2,1-2H3. The Bertz CT molecular complexity index is 631. The van der Waals surface area contributed by atoms with Crippen LogP contribution in [0.4, 0.5) is 0 Å². The highest BCUT2D eigenvalue weighted by molar-refractivity contribution is 5.71. The van der Waals surface area contributed by atoms with Gasteiger partial charge < -0.3 is 10.5 Å². The Morgan fingerprint density at radius 1 is 1.16 bits per heavy atom. The summed E-state index contributed by atoms with van der Waals surface area (Å²) in [4.78, 5) is 0. The summed E-state index contributed by atoms with van der Waals surface area (Å²) in [7, 11) is 0. The van der Waals surface area contributed by atoms with Gasteiger partial charge in [0.15, 0.2) is 0 Å². The second-order valence-corrected chi connectivity index (χ2v) is 5.24. The van der Waals surface area contributed by atoms with Crippen molar-refractivity contribution >= 4 is 0 Å². The summed E-state index contributed by atoms with van der Waals surface area (Å²) in [6.45, 7) is 5.59. The molecule has 98 valence electrons. The number of ether oxygens (including phenoxy) is 1. The third kappa shape index (κ3) is 2.13. The van der Waals surface area contributed by atoms with Gasteiger partial charge in [-0.15, -0.1) is 0 Å². The molecule has 2 heteroatoms. The molecular formula is C17H19NO. The lowest BCUT2D eigenvalue weighted by Gasteiger charge is -2.12. The summed E-state index contributed by atoms with van der Waals surface area (Å²) >= 11 is 0. The highest BCUT2D eigenvalue weighted by atomic mass is 16.5. The van der Waals surface area contributed by atoms with E-state index in [0.29, 0.717) is 6.54 Å². The van der Waals surface area contributed by atoms with Crippen LogP contribution in [0.3, 0.4) is 0 Å². The molecule has 0 saturated heterocycles. The van der Waals surface area contributed by atoms with E-state index >= 15 is 0 Å². The third-order valence-corrected chi connectivity index (χ3v) is 3.78. The van der Waals surface area contributed by atoms with Crippen molar-refractivity contribution in [1.82, 2.24) is 0 Å². The molecule has 3 rings (SSSR count). The molecule has 0 bridgehead atoms. The molecule has 2 N–H and O–H groups in total. The monoisotopic (exact) mass is 253 g/mol. The normalized spacial score (nSPS) is 13.2. The minimum atomic E-state index is 0.529. The largest absolute Gasteiger partial charge is 0.493 e. The van der Waals surface area contributed by atoms with Crippen molar-refractivity contribution in [2.45, 2.75) is 26.8 Å². The van der Waals surface area contributed by atoms with Gasteiger partial charge in [-0.2, -0.15) is 0 Å². The molecule has 0 unspecified atom stereocenters. The number of benzene rings is 2. The van der Waals surface area contributed by atoms with E-state index in [1.54, 1.807) is 0 Å². The average molecular weight is 253 g/mol. The zero-order chi connectivity index (χ0) is 13.4. The van der Waals surface area contributed by atoms with Crippen molar-refractivity contribution in [2.24, 2.45) is 5.73 Å². The molecule has 0 spiro atoms. The minimum Gasteiger partial charge on any atom is -0.493 e. The van der Waals surface area contributed by atoms with Crippen LogP contribution in [-0.2, 0) is 13.0 Å². The zero-order valence-electron chi connectivity index (χ0n) is 11.5. The molecule has 2 nitrogen and oxygen atoms in total. The van der Waals surface area contributed by atoms with E-state index in [-0.39, 0.29) is 0 Å². The van der Waals surface area contributed by atoms with Crippen LogP contribution in [0, 0.1) is 13.8 Å². The lowest BCUT2D eigenvalue weighted by molar-refractivity contribution is 0.353. The van der Waals surface area contributed by atoms with Crippen LogP contribution < -0.4 is 10.5 Å². The zero-order valence-corrected chi connectivity index (χ0v) is 11.5. The highest BCUT2D eigenvalue weighted by Gasteiger charge is 2.18. The number of nitrogens with two attached hydrogens (primary N) is 1. The molecule has 0 atom stereocenters. The first-order chi connectivity index (χ1) is 9.19. The molecule has 1 heterocycles. The number of rotatable bonds is 2. The number of hydrogen-bond donors (Lipinski definition) is 1. The molecule has 0 aliphatic carbocycles. The molecule has 1 aliphatic rings. The number of fused-ring (bicyclic) bond motifs is 1. The minimum absolute atomic E-state index is 0.529. The number of hydrogen-bond acceptors (Lipinski definition) is 2. The SMILES string of the molecule is Cc1ccc(C)c(-c2cc(CN)c3c(c2)CCO3)c1. The van der Waals surface area contributed by atoms with Crippen LogP contribution in [-0.4, -0.2) is 6.61 Å². The van der Waals surface area contributed by atoms with E-state index in [1.807, 2.05) is 0 Å². The van der Waals surface area contributed by atoms with Crippen molar-refractivity contribution in [3.63, 3.8) is 0 Å². The van der Waals surface area contributed by atoms with Gasteiger partial charge in [0.05, 0.1) is 6.61 Å². The third-order valence-electron chi connectivity index (χ3n) is 3.78. The molecular weight excluding hydrogens is 234 g/mol. The molecule has 0 fully saturated rings. The van der Waals surface area contributed by atoms with Crippen LogP contribution in [0.5, 0.6) is 5.75 Å². The fourth-order valence-electron chi connectivity index (χ4n) is 2.74. The molecule has 1 aliphatic heterocycles. The first-order valence-electron chi connectivity index (χ1n) is 6.75. The lowest BCUT2D eigenvalue weighted by atomic mass is 9.94. The van der Waals surface area contributed by atoms with E-state index in [2.05, 4.69) is 44.2 Å². The Hall–Kier alpha value is -1.80. The molecule has 0 saturated carbocycles. The van der Waals surface area contributed by atoms with Gasteiger partial charge in [-0.25, -0.2) is 0 Å². The first-order valence-corrected chi connectivity index (χ1v) is 6.75. The summed E-state index contributed by atoms with van der Waals surface area (Å²) < 4.78 is 5.69. The van der Waals surface area contributed by atoms with E-state index in [0.717, 1.165) is 24.3 Å². The van der Waals surface area contributed by atoms with E-state index in [9.17, 15) is 0 Å². The molecule has 19 heavy (non-hydrogen) atoms. The van der Waals surface area contributed by atoms with Gasteiger partial charge in [0.2, 0.25) is 0 Å². The van der Waals surface area contributed by atoms with Crippen molar-refractivity contribution in [3.8, 4) is 16.9 Å². The summed E-state index contributed by atoms with van der Waals surface area (Å²) in [5, 5.41) is 0. The fourth-order valence-corrected chi connectivity index (χ4v) is 2.74. The van der Waals surface area contributed by atoms with Crippen molar-refractivity contribution in [1.29, 1.82) is 0 Å². The smallest absolute Gasteiger partial charge is 0.127 e. The summed E-state index contributed by atoms with van der Waals surface area (Å²) in [6.07, 6.45) is 0.987. The van der Waals surface area contributed by atoms with Crippen LogP contribution >= 0.6 is 0 Å². The molecule has 2 aromatic rings. The van der Waals surface area contributed by atoms with E-state index in [4.69, 9.17) is 10.5 Å². The maximum absolute atomic E-state index is 5.86. The Kier molecular flexibility index (Phi) is 3.03. The average Bonchev–Trinajstić information content (AvgIpc) is 2.88. The predicted octanol–water partition coefficient (Wildman–Crippen LogP) is 3.36. The Morgan fingerprint density at radius 3 is 2.79 bits per heavy atom. The van der Waals surface area contributed by atoms with Crippen LogP contribution in [0.15, 0.2) is 30.3 Å². The number of aryl methyl sites for hydroxylation is 2. The maximum Gasteiger partial charge on any atom is 0.127 e. The second kappa shape index (κ2) is 4.71. The van der Waals surface area contributed by atoms with E-state index < -0.39 is 0 Å². The van der Waals surface area contributed by atoms with Gasteiger partial charge in [0, 0.05) is 18.5 Å². The maximum atomic E-state index is 5.86. The first kappa shape index (κ1) is 12.2. The van der Waals surface area contributed by atoms with Gasteiger partial charge >= 0.3 is 0 Å². The topological polar surface area (TPSA) is 35.2 Å². The summed E-state index contributed by atoms with van der Waals surface area (Å²) in [5.74, 6) is 1.01. The van der Waals surface area contributed by atoms with Crippen molar-refractivity contribution < 1.29 is 4.74 Å². The quantitative estimate of drug-likeness (QED) is 0.890. The lowest BCUT2D eigenvalue weighted by Crippen LogP contribution is -2.00. The predicted molar refractivity (Wildman–Crippen MR) is 78.4 cm³/mol. The van der Waals surface area contributed by atoms with Gasteiger partial charge in [0.1, 0.15) is 5.75 Å². The van der Waals surface area contributed by atoms with Gasteiger partial charge in [-0.3, -0.25) is 0 Å². The Balaban J connectivity index is 2.18. The summed E-state index contributed by atoms with van der Waals surface area (Å²) in [6, 6.07) is 11.0. The molecule has 0 radical (unpaired) electrons. The van der Waals surface area contributed by atoms with Crippen LogP contribution in [0.2, 0.25) is 0 Å². The molecule has 2 aromatic carbocycles. The molecule has 0 amide bonds. The van der Waals surface area contributed by atoms with Gasteiger partial charge in [-0.1, -0.05) is 23.8 Å². The van der Waals surface area contributed by atoms with Crippen LogP contribution in [0.1, 0.15) is 22.3 Å². The summed E-state index contributed by atoms with van der Waals surface area (Å²) in [5.41, 5.74) is 13.4. The second-order valence-electron chi connectivity index (χ2n) is 5.24. The van der Waals surface area contributed by atoms with Crippen molar-refractivity contribution in [2.75, 3.05) is 6.61 Å². The molecule has 0 aromatic heterocycles. The highest BCUT2D eigenvalue weighted by Crippen LogP contribution is 2.35. The van der Waals surface area contributed by atoms with Crippen molar-refractivity contribution in [3.05, 3.63) is 52.6 Å². The van der Waals surface area contributed by atoms with Gasteiger partial charge in [-0.05, 0) is 48.2 Å². The Labute approximate surface area is 114 Å². The van der Waals surface area contributed by atoms with Gasteiger partial charge in [0.25, 0.3) is 0 Å². The van der Waals surface area contributed by atoms with Crippen LogP contribution in [0.25, 0.3) is 11.1 Å². The Morgan fingerprint density at radius 2 is 2.00 bits per heavy atom.